The van der Waals surface area contributed by atoms with Gasteiger partial charge in [0.1, 0.15) is 0 Å². The first-order chi connectivity index (χ1) is 12.4. The van der Waals surface area contributed by atoms with Crippen molar-refractivity contribution in [3.8, 4) is 0 Å². The number of hydrogen-bond acceptors (Lipinski definition) is 4. The van der Waals surface area contributed by atoms with Crippen molar-refractivity contribution < 1.29 is 13.2 Å². The second-order valence-corrected chi connectivity index (χ2v) is 8.62. The molecule has 138 valence electrons. The smallest absolute Gasteiger partial charge is 0.240 e. The first kappa shape index (κ1) is 18.8. The Morgan fingerprint density at radius 3 is 2.54 bits per heavy atom. The molecule has 0 amide bonds. The Bertz CT molecular complexity index is 890. The highest BCUT2D eigenvalue weighted by atomic mass is 32.2. The largest absolute Gasteiger partial charge is 0.308 e. The second kappa shape index (κ2) is 7.70. The predicted molar refractivity (Wildman–Crippen MR) is 102 cm³/mol. The van der Waals surface area contributed by atoms with Crippen LogP contribution in [0.5, 0.6) is 0 Å². The molecule has 0 aliphatic carbocycles. The lowest BCUT2D eigenvalue weighted by Gasteiger charge is -2.27. The Balaban J connectivity index is 1.71. The zero-order chi connectivity index (χ0) is 18.7. The average Bonchev–Trinajstić information content (AvgIpc) is 2.65. The van der Waals surface area contributed by atoms with Crippen LogP contribution in [-0.4, -0.2) is 27.3 Å². The van der Waals surface area contributed by atoms with Crippen LogP contribution in [0.2, 0.25) is 0 Å². The maximum Gasteiger partial charge on any atom is 0.240 e. The molecular formula is C20H24N2O3S. The summed E-state index contributed by atoms with van der Waals surface area (Å²) in [5.74, 6) is -0.113. The van der Waals surface area contributed by atoms with Crippen molar-refractivity contribution in [1.29, 1.82) is 0 Å². The van der Waals surface area contributed by atoms with E-state index in [2.05, 4.69) is 16.1 Å². The SMILES string of the molecule is CC(C)C(=O)c1ccc(S(=O)(=O)NCC2NCCc3ccccc32)cc1. The highest BCUT2D eigenvalue weighted by Gasteiger charge is 2.22. The van der Waals surface area contributed by atoms with Crippen molar-refractivity contribution in [3.63, 3.8) is 0 Å². The number of fused-ring (bicyclic) bond motifs is 1. The molecule has 1 unspecified atom stereocenters. The fourth-order valence-electron chi connectivity index (χ4n) is 3.18. The second-order valence-electron chi connectivity index (χ2n) is 6.85. The van der Waals surface area contributed by atoms with Crippen LogP contribution in [0.1, 0.15) is 41.4 Å². The minimum atomic E-state index is -3.63. The lowest BCUT2D eigenvalue weighted by molar-refractivity contribution is 0.0939. The molecule has 5 nitrogen and oxygen atoms in total. The molecule has 6 heteroatoms. The molecule has 1 aliphatic heterocycles. The maximum absolute atomic E-state index is 12.6. The Morgan fingerprint density at radius 2 is 1.85 bits per heavy atom. The van der Waals surface area contributed by atoms with Crippen LogP contribution in [0.3, 0.4) is 0 Å². The van der Waals surface area contributed by atoms with Gasteiger partial charge in [-0.05, 0) is 36.2 Å². The van der Waals surface area contributed by atoms with Gasteiger partial charge in [-0.25, -0.2) is 13.1 Å². The minimum absolute atomic E-state index is 0.00456. The number of Topliss-reactive ketones (excluding diaryl/α,β-unsaturated/α-hetero) is 1. The molecule has 2 aromatic rings. The molecule has 0 spiro atoms. The molecule has 3 rings (SSSR count). The van der Waals surface area contributed by atoms with Gasteiger partial charge in [0, 0.05) is 24.1 Å². The van der Waals surface area contributed by atoms with Crippen molar-refractivity contribution in [3.05, 3.63) is 65.2 Å². The van der Waals surface area contributed by atoms with E-state index in [1.54, 1.807) is 12.1 Å². The van der Waals surface area contributed by atoms with E-state index in [9.17, 15) is 13.2 Å². The summed E-state index contributed by atoms with van der Waals surface area (Å²) in [5, 5.41) is 3.36. The Kier molecular flexibility index (Phi) is 5.55. The summed E-state index contributed by atoms with van der Waals surface area (Å²) in [6.45, 7) is 4.76. The van der Waals surface area contributed by atoms with Crippen molar-refractivity contribution in [2.75, 3.05) is 13.1 Å². The standard InChI is InChI=1S/C20H24N2O3S/c1-14(2)20(23)16-7-9-17(10-8-16)26(24,25)22-13-19-18-6-4-3-5-15(18)11-12-21-19/h3-10,14,19,21-22H,11-13H2,1-2H3. The molecule has 0 saturated heterocycles. The minimum Gasteiger partial charge on any atom is -0.308 e. The van der Waals surface area contributed by atoms with E-state index in [0.29, 0.717) is 5.56 Å². The van der Waals surface area contributed by atoms with E-state index < -0.39 is 10.0 Å². The van der Waals surface area contributed by atoms with Gasteiger partial charge in [-0.15, -0.1) is 0 Å². The van der Waals surface area contributed by atoms with E-state index in [4.69, 9.17) is 0 Å². The highest BCUT2D eigenvalue weighted by Crippen LogP contribution is 2.22. The van der Waals surface area contributed by atoms with Gasteiger partial charge in [-0.3, -0.25) is 4.79 Å². The van der Waals surface area contributed by atoms with Crippen LogP contribution in [0, 0.1) is 5.92 Å². The van der Waals surface area contributed by atoms with Crippen LogP contribution in [-0.2, 0) is 16.4 Å². The normalized spacial score (nSPS) is 17.1. The third-order valence-corrected chi connectivity index (χ3v) is 6.11. The number of ketones is 1. The molecule has 0 aromatic heterocycles. The Labute approximate surface area is 154 Å². The summed E-state index contributed by atoms with van der Waals surface area (Å²) in [5.41, 5.74) is 2.92. The molecule has 0 fully saturated rings. The fourth-order valence-corrected chi connectivity index (χ4v) is 4.23. The summed E-state index contributed by atoms with van der Waals surface area (Å²) < 4.78 is 27.8. The lowest BCUT2D eigenvalue weighted by Crippen LogP contribution is -2.38. The highest BCUT2D eigenvalue weighted by molar-refractivity contribution is 7.89. The van der Waals surface area contributed by atoms with Crippen LogP contribution in [0.25, 0.3) is 0 Å². The monoisotopic (exact) mass is 372 g/mol. The first-order valence-electron chi connectivity index (χ1n) is 8.83. The third-order valence-electron chi connectivity index (χ3n) is 4.67. The van der Waals surface area contributed by atoms with Crippen LogP contribution in [0.15, 0.2) is 53.4 Å². The summed E-state index contributed by atoms with van der Waals surface area (Å²) in [7, 11) is -3.63. The zero-order valence-corrected chi connectivity index (χ0v) is 15.8. The molecule has 2 aromatic carbocycles. The Morgan fingerprint density at radius 1 is 1.15 bits per heavy atom. The van der Waals surface area contributed by atoms with E-state index in [0.717, 1.165) is 18.5 Å². The quantitative estimate of drug-likeness (QED) is 0.765. The lowest BCUT2D eigenvalue weighted by atomic mass is 9.95. The Hall–Kier alpha value is -2.02. The summed E-state index contributed by atoms with van der Waals surface area (Å²) in [6, 6.07) is 14.2. The molecule has 1 atom stereocenters. The number of sulfonamides is 1. The van der Waals surface area contributed by atoms with Gasteiger partial charge >= 0.3 is 0 Å². The summed E-state index contributed by atoms with van der Waals surface area (Å²) >= 11 is 0. The van der Waals surface area contributed by atoms with Gasteiger partial charge in [0.15, 0.2) is 5.78 Å². The molecule has 1 heterocycles. The fraction of sp³-hybridized carbons (Fsp3) is 0.350. The summed E-state index contributed by atoms with van der Waals surface area (Å²) in [6.07, 6.45) is 0.949. The topological polar surface area (TPSA) is 75.3 Å². The number of rotatable bonds is 6. The van der Waals surface area contributed by atoms with Crippen LogP contribution in [0.4, 0.5) is 0 Å². The van der Waals surface area contributed by atoms with Crippen molar-refractivity contribution in [2.24, 2.45) is 5.92 Å². The molecular weight excluding hydrogens is 348 g/mol. The van der Waals surface area contributed by atoms with Crippen molar-refractivity contribution in [1.82, 2.24) is 10.0 Å². The van der Waals surface area contributed by atoms with E-state index in [-0.39, 0.29) is 29.2 Å². The van der Waals surface area contributed by atoms with Gasteiger partial charge in [0.05, 0.1) is 4.90 Å². The summed E-state index contributed by atoms with van der Waals surface area (Å²) in [4.78, 5) is 12.1. The molecule has 0 bridgehead atoms. The van der Waals surface area contributed by atoms with E-state index in [1.165, 1.54) is 17.7 Å². The van der Waals surface area contributed by atoms with Gasteiger partial charge in [0.2, 0.25) is 10.0 Å². The van der Waals surface area contributed by atoms with Gasteiger partial charge in [-0.1, -0.05) is 50.2 Å². The number of carbonyl (C=O) groups is 1. The molecule has 1 aliphatic rings. The van der Waals surface area contributed by atoms with Crippen molar-refractivity contribution >= 4 is 15.8 Å². The van der Waals surface area contributed by atoms with Gasteiger partial charge < -0.3 is 5.32 Å². The third kappa shape index (κ3) is 4.03. The number of benzene rings is 2. The number of hydrogen-bond donors (Lipinski definition) is 2. The van der Waals surface area contributed by atoms with Crippen molar-refractivity contribution in [2.45, 2.75) is 31.2 Å². The van der Waals surface area contributed by atoms with E-state index >= 15 is 0 Å². The van der Waals surface area contributed by atoms with Gasteiger partial charge in [-0.2, -0.15) is 0 Å². The number of nitrogens with one attached hydrogen (secondary N) is 2. The van der Waals surface area contributed by atoms with Gasteiger partial charge in [0.25, 0.3) is 0 Å². The zero-order valence-electron chi connectivity index (χ0n) is 15.0. The first-order valence-corrected chi connectivity index (χ1v) is 10.3. The molecule has 2 N–H and O–H groups in total. The molecule has 0 saturated carbocycles. The molecule has 0 radical (unpaired) electrons. The van der Waals surface area contributed by atoms with Crippen LogP contribution >= 0.6 is 0 Å². The van der Waals surface area contributed by atoms with Crippen LogP contribution < -0.4 is 10.0 Å². The number of carbonyl (C=O) groups excluding carboxylic acids is 1. The molecule has 26 heavy (non-hydrogen) atoms. The van der Waals surface area contributed by atoms with E-state index in [1.807, 2.05) is 32.0 Å². The predicted octanol–water partition coefficient (Wildman–Crippen LogP) is 2.69. The average molecular weight is 372 g/mol. The maximum atomic E-state index is 12.6.